The summed E-state index contributed by atoms with van der Waals surface area (Å²) in [5, 5.41) is 9.21. The maximum absolute atomic E-state index is 12.1. The van der Waals surface area contributed by atoms with Gasteiger partial charge in [-0.05, 0) is 37.0 Å². The number of aliphatic carboxylic acids is 1. The minimum atomic E-state index is -0.923. The average molecular weight is 291 g/mol. The van der Waals surface area contributed by atoms with Gasteiger partial charge in [0.15, 0.2) is 0 Å². The molecule has 0 aliphatic carbocycles. The highest BCUT2D eigenvalue weighted by Crippen LogP contribution is 2.24. The Morgan fingerprint density at radius 2 is 2.19 bits per heavy atom. The summed E-state index contributed by atoms with van der Waals surface area (Å²) >= 11 is 0. The molecule has 5 heteroatoms. The Hall–Kier alpha value is -2.04. The maximum Gasteiger partial charge on any atom is 0.326 e. The summed E-state index contributed by atoms with van der Waals surface area (Å²) in [6.07, 6.45) is 0.936. The van der Waals surface area contributed by atoms with E-state index in [0.717, 1.165) is 17.7 Å². The van der Waals surface area contributed by atoms with Gasteiger partial charge in [-0.25, -0.2) is 4.79 Å². The third kappa shape index (κ3) is 3.74. The molecule has 1 amide bonds. The highest BCUT2D eigenvalue weighted by molar-refractivity contribution is 5.84. The number of hydrogen-bond acceptors (Lipinski definition) is 3. The van der Waals surface area contributed by atoms with Crippen molar-refractivity contribution in [3.05, 3.63) is 29.8 Å². The third-order valence-electron chi connectivity index (χ3n) is 3.85. The van der Waals surface area contributed by atoms with E-state index in [1.807, 2.05) is 38.1 Å². The SMILES string of the molecule is Cc1cccc(OCCC(=O)N2CCC(C)C2C(=O)O)c1. The Balaban J connectivity index is 1.86. The van der Waals surface area contributed by atoms with Crippen LogP contribution in [-0.2, 0) is 9.59 Å². The van der Waals surface area contributed by atoms with Gasteiger partial charge < -0.3 is 14.7 Å². The van der Waals surface area contributed by atoms with Gasteiger partial charge in [-0.2, -0.15) is 0 Å². The van der Waals surface area contributed by atoms with Gasteiger partial charge in [-0.3, -0.25) is 4.79 Å². The van der Waals surface area contributed by atoms with E-state index < -0.39 is 12.0 Å². The van der Waals surface area contributed by atoms with Crippen LogP contribution < -0.4 is 4.74 Å². The number of likely N-dealkylation sites (tertiary alicyclic amines) is 1. The molecule has 5 nitrogen and oxygen atoms in total. The van der Waals surface area contributed by atoms with Gasteiger partial charge in [-0.15, -0.1) is 0 Å². The van der Waals surface area contributed by atoms with Crippen molar-refractivity contribution in [1.82, 2.24) is 4.90 Å². The van der Waals surface area contributed by atoms with Crippen LogP contribution >= 0.6 is 0 Å². The maximum atomic E-state index is 12.1. The number of hydrogen-bond donors (Lipinski definition) is 1. The van der Waals surface area contributed by atoms with Crippen molar-refractivity contribution >= 4 is 11.9 Å². The molecule has 0 spiro atoms. The molecule has 21 heavy (non-hydrogen) atoms. The number of carboxylic acids is 1. The molecule has 1 fully saturated rings. The molecule has 2 rings (SSSR count). The van der Waals surface area contributed by atoms with Crippen LogP contribution in [0.4, 0.5) is 0 Å². The Bertz CT molecular complexity index is 529. The van der Waals surface area contributed by atoms with Crippen molar-refractivity contribution in [2.24, 2.45) is 5.92 Å². The van der Waals surface area contributed by atoms with Crippen LogP contribution in [0, 0.1) is 12.8 Å². The highest BCUT2D eigenvalue weighted by Gasteiger charge is 2.39. The van der Waals surface area contributed by atoms with Crippen molar-refractivity contribution in [2.75, 3.05) is 13.2 Å². The smallest absolute Gasteiger partial charge is 0.326 e. The van der Waals surface area contributed by atoms with E-state index in [9.17, 15) is 14.7 Å². The van der Waals surface area contributed by atoms with Crippen LogP contribution in [0.3, 0.4) is 0 Å². The molecule has 0 aromatic heterocycles. The first-order valence-electron chi connectivity index (χ1n) is 7.21. The Kier molecular flexibility index (Phi) is 4.83. The standard InChI is InChI=1S/C16H21NO4/c1-11-4-3-5-13(10-11)21-9-7-14(18)17-8-6-12(2)15(17)16(19)20/h3-5,10,12,15H,6-9H2,1-2H3,(H,19,20). The van der Waals surface area contributed by atoms with Crippen LogP contribution in [0.1, 0.15) is 25.3 Å². The lowest BCUT2D eigenvalue weighted by Gasteiger charge is -2.23. The van der Waals surface area contributed by atoms with Crippen molar-refractivity contribution in [3.63, 3.8) is 0 Å². The van der Waals surface area contributed by atoms with Gasteiger partial charge in [0.25, 0.3) is 0 Å². The fraction of sp³-hybridized carbons (Fsp3) is 0.500. The Morgan fingerprint density at radius 1 is 1.43 bits per heavy atom. The number of carbonyl (C=O) groups is 2. The normalized spacial score (nSPS) is 21.3. The number of carboxylic acid groups (broad SMARTS) is 1. The molecule has 0 bridgehead atoms. The minimum absolute atomic E-state index is 0.00383. The molecule has 114 valence electrons. The van der Waals surface area contributed by atoms with Gasteiger partial charge in [0.05, 0.1) is 13.0 Å². The van der Waals surface area contributed by atoms with Crippen molar-refractivity contribution in [1.29, 1.82) is 0 Å². The third-order valence-corrected chi connectivity index (χ3v) is 3.85. The van der Waals surface area contributed by atoms with Crippen LogP contribution in [0.2, 0.25) is 0 Å². The second-order valence-corrected chi connectivity index (χ2v) is 5.55. The van der Waals surface area contributed by atoms with Gasteiger partial charge in [0.2, 0.25) is 5.91 Å². The zero-order chi connectivity index (χ0) is 15.4. The highest BCUT2D eigenvalue weighted by atomic mass is 16.5. The molecular formula is C16H21NO4. The summed E-state index contributed by atoms with van der Waals surface area (Å²) in [7, 11) is 0. The molecule has 2 unspecified atom stereocenters. The van der Waals surface area contributed by atoms with E-state index >= 15 is 0 Å². The molecule has 1 aromatic carbocycles. The first kappa shape index (κ1) is 15.4. The number of aryl methyl sites for hydroxylation is 1. The molecule has 1 aliphatic rings. The predicted molar refractivity (Wildman–Crippen MR) is 78.2 cm³/mol. The monoisotopic (exact) mass is 291 g/mol. The number of rotatable bonds is 5. The van der Waals surface area contributed by atoms with Gasteiger partial charge >= 0.3 is 5.97 Å². The Labute approximate surface area is 124 Å². The number of carbonyl (C=O) groups excluding carboxylic acids is 1. The zero-order valence-corrected chi connectivity index (χ0v) is 12.4. The molecule has 0 saturated carbocycles. The van der Waals surface area contributed by atoms with E-state index in [1.54, 1.807) is 0 Å². The summed E-state index contributed by atoms with van der Waals surface area (Å²) in [4.78, 5) is 24.8. The second-order valence-electron chi connectivity index (χ2n) is 5.55. The number of nitrogens with zero attached hydrogens (tertiary/aromatic N) is 1. The van der Waals surface area contributed by atoms with Crippen molar-refractivity contribution in [3.8, 4) is 5.75 Å². The lowest BCUT2D eigenvalue weighted by atomic mass is 10.0. The van der Waals surface area contributed by atoms with Crippen LogP contribution in [0.5, 0.6) is 5.75 Å². The molecule has 1 N–H and O–H groups in total. The fourth-order valence-electron chi connectivity index (χ4n) is 2.71. The molecule has 0 radical (unpaired) electrons. The number of ether oxygens (including phenoxy) is 1. The molecule has 1 heterocycles. The minimum Gasteiger partial charge on any atom is -0.493 e. The van der Waals surface area contributed by atoms with Crippen LogP contribution in [0.25, 0.3) is 0 Å². The molecule has 1 aromatic rings. The molecule has 2 atom stereocenters. The molecular weight excluding hydrogens is 270 g/mol. The van der Waals surface area contributed by atoms with Gasteiger partial charge in [0, 0.05) is 6.54 Å². The summed E-state index contributed by atoms with van der Waals surface area (Å²) < 4.78 is 5.54. The van der Waals surface area contributed by atoms with Gasteiger partial charge in [-0.1, -0.05) is 19.1 Å². The lowest BCUT2D eigenvalue weighted by molar-refractivity contribution is -0.149. The molecule has 1 saturated heterocycles. The average Bonchev–Trinajstić information content (AvgIpc) is 2.81. The summed E-state index contributed by atoms with van der Waals surface area (Å²) in [5.74, 6) is -0.344. The summed E-state index contributed by atoms with van der Waals surface area (Å²) in [6, 6.07) is 6.92. The second kappa shape index (κ2) is 6.61. The van der Waals surface area contributed by atoms with Crippen molar-refractivity contribution < 1.29 is 19.4 Å². The van der Waals surface area contributed by atoms with E-state index in [4.69, 9.17) is 4.74 Å². The first-order valence-corrected chi connectivity index (χ1v) is 7.21. The number of amides is 1. The quantitative estimate of drug-likeness (QED) is 0.902. The van der Waals surface area contributed by atoms with Crippen LogP contribution in [0.15, 0.2) is 24.3 Å². The van der Waals surface area contributed by atoms with E-state index in [-0.39, 0.29) is 24.9 Å². The predicted octanol–water partition coefficient (Wildman–Crippen LogP) is 2.09. The van der Waals surface area contributed by atoms with E-state index in [2.05, 4.69) is 0 Å². The lowest BCUT2D eigenvalue weighted by Crippen LogP contribution is -2.43. The molecule has 1 aliphatic heterocycles. The fourth-order valence-corrected chi connectivity index (χ4v) is 2.71. The summed E-state index contributed by atoms with van der Waals surface area (Å²) in [6.45, 7) is 4.62. The number of benzene rings is 1. The van der Waals surface area contributed by atoms with Crippen molar-refractivity contribution in [2.45, 2.75) is 32.7 Å². The first-order chi connectivity index (χ1) is 9.99. The Morgan fingerprint density at radius 3 is 2.86 bits per heavy atom. The van der Waals surface area contributed by atoms with E-state index in [0.29, 0.717) is 6.54 Å². The summed E-state index contributed by atoms with van der Waals surface area (Å²) in [5.41, 5.74) is 1.10. The van der Waals surface area contributed by atoms with Crippen LogP contribution in [-0.4, -0.2) is 41.1 Å². The van der Waals surface area contributed by atoms with Gasteiger partial charge in [0.1, 0.15) is 11.8 Å². The largest absolute Gasteiger partial charge is 0.493 e. The zero-order valence-electron chi connectivity index (χ0n) is 12.4. The topological polar surface area (TPSA) is 66.8 Å². The van der Waals surface area contributed by atoms with E-state index in [1.165, 1.54) is 4.90 Å².